The zero-order valence-electron chi connectivity index (χ0n) is 10.2. The molecule has 0 saturated heterocycles. The van der Waals surface area contributed by atoms with Gasteiger partial charge in [0, 0.05) is 24.7 Å². The van der Waals surface area contributed by atoms with E-state index in [1.807, 2.05) is 18.2 Å². The fourth-order valence-corrected chi connectivity index (χ4v) is 1.78. The van der Waals surface area contributed by atoms with E-state index in [0.29, 0.717) is 12.0 Å². The molecule has 0 heterocycles. The van der Waals surface area contributed by atoms with E-state index in [2.05, 4.69) is 25.2 Å². The first kappa shape index (κ1) is 13.5. The summed E-state index contributed by atoms with van der Waals surface area (Å²) in [6, 6.07) is 8.30. The summed E-state index contributed by atoms with van der Waals surface area (Å²) < 4.78 is 5.19. The van der Waals surface area contributed by atoms with E-state index in [1.165, 1.54) is 5.56 Å². The van der Waals surface area contributed by atoms with E-state index in [-0.39, 0.29) is 0 Å². The summed E-state index contributed by atoms with van der Waals surface area (Å²) >= 11 is 5.93. The molecule has 1 atom stereocenters. The van der Waals surface area contributed by atoms with Crippen LogP contribution in [0.3, 0.4) is 0 Å². The average Bonchev–Trinajstić information content (AvgIpc) is 2.24. The van der Waals surface area contributed by atoms with Gasteiger partial charge < -0.3 is 10.1 Å². The molecule has 0 fully saturated rings. The van der Waals surface area contributed by atoms with Gasteiger partial charge in [-0.3, -0.25) is 0 Å². The van der Waals surface area contributed by atoms with Gasteiger partial charge in [0.05, 0.1) is 6.61 Å². The first-order chi connectivity index (χ1) is 7.63. The van der Waals surface area contributed by atoms with Crippen molar-refractivity contribution in [2.24, 2.45) is 5.92 Å². The number of hydrogen-bond donors (Lipinski definition) is 1. The van der Waals surface area contributed by atoms with Crippen LogP contribution in [0, 0.1) is 5.92 Å². The molecule has 0 spiro atoms. The predicted octanol–water partition coefficient (Wildman–Crippen LogP) is 3.10. The third kappa shape index (κ3) is 4.52. The van der Waals surface area contributed by atoms with Crippen molar-refractivity contribution in [3.63, 3.8) is 0 Å². The number of benzene rings is 1. The lowest BCUT2D eigenvalue weighted by molar-refractivity contribution is 0.146. The topological polar surface area (TPSA) is 21.3 Å². The Kier molecular flexibility index (Phi) is 5.81. The Hall–Kier alpha value is -0.570. The van der Waals surface area contributed by atoms with Crippen LogP contribution in [0.25, 0.3) is 0 Å². The number of hydrogen-bond acceptors (Lipinski definition) is 2. The Balaban J connectivity index is 2.48. The van der Waals surface area contributed by atoms with E-state index in [4.69, 9.17) is 16.3 Å². The van der Waals surface area contributed by atoms with Crippen molar-refractivity contribution in [1.29, 1.82) is 0 Å². The van der Waals surface area contributed by atoms with Crippen molar-refractivity contribution >= 4 is 11.6 Å². The first-order valence-corrected chi connectivity index (χ1v) is 5.98. The molecule has 0 aliphatic rings. The smallest absolute Gasteiger partial charge is 0.0618 e. The van der Waals surface area contributed by atoms with Crippen LogP contribution < -0.4 is 5.32 Å². The highest BCUT2D eigenvalue weighted by Crippen LogP contribution is 2.11. The molecule has 0 aliphatic carbocycles. The maximum atomic E-state index is 5.93. The molecule has 16 heavy (non-hydrogen) atoms. The van der Waals surface area contributed by atoms with Crippen molar-refractivity contribution in [3.05, 3.63) is 34.9 Å². The molecule has 0 bridgehead atoms. The molecular weight excluding hydrogens is 222 g/mol. The van der Waals surface area contributed by atoms with Crippen molar-refractivity contribution in [1.82, 2.24) is 5.32 Å². The summed E-state index contributed by atoms with van der Waals surface area (Å²) in [7, 11) is 1.73. The van der Waals surface area contributed by atoms with E-state index >= 15 is 0 Å². The molecule has 0 radical (unpaired) electrons. The number of nitrogens with one attached hydrogen (secondary N) is 1. The summed E-state index contributed by atoms with van der Waals surface area (Å²) in [5, 5.41) is 4.26. The summed E-state index contributed by atoms with van der Waals surface area (Å²) in [4.78, 5) is 0. The molecule has 1 N–H and O–H groups in total. The predicted molar refractivity (Wildman–Crippen MR) is 68.8 cm³/mol. The van der Waals surface area contributed by atoms with Crippen LogP contribution in [-0.4, -0.2) is 19.8 Å². The van der Waals surface area contributed by atoms with Crippen LogP contribution in [0.5, 0.6) is 0 Å². The zero-order chi connectivity index (χ0) is 12.0. The molecule has 0 aliphatic heterocycles. The molecule has 1 aromatic rings. The van der Waals surface area contributed by atoms with E-state index < -0.39 is 0 Å². The van der Waals surface area contributed by atoms with Gasteiger partial charge in [-0.25, -0.2) is 0 Å². The summed E-state index contributed by atoms with van der Waals surface area (Å²) in [6.45, 7) is 5.94. The van der Waals surface area contributed by atoms with Gasteiger partial charge in [-0.1, -0.05) is 37.6 Å². The minimum atomic E-state index is 0.379. The maximum absolute atomic E-state index is 5.93. The van der Waals surface area contributed by atoms with Gasteiger partial charge in [0.15, 0.2) is 0 Å². The van der Waals surface area contributed by atoms with Crippen LogP contribution in [0.1, 0.15) is 19.4 Å². The standard InChI is InChI=1S/C13H20ClNO/c1-10(2)13(9-16-3)15-8-11-5-4-6-12(14)7-11/h4-7,10,13,15H,8-9H2,1-3H3. The average molecular weight is 242 g/mol. The van der Waals surface area contributed by atoms with Crippen molar-refractivity contribution < 1.29 is 4.74 Å². The molecular formula is C13H20ClNO. The van der Waals surface area contributed by atoms with Gasteiger partial charge in [0.2, 0.25) is 0 Å². The Bertz CT molecular complexity index is 315. The van der Waals surface area contributed by atoms with E-state index in [1.54, 1.807) is 7.11 Å². The minimum Gasteiger partial charge on any atom is -0.383 e. The van der Waals surface area contributed by atoms with Crippen LogP contribution >= 0.6 is 11.6 Å². The second-order valence-corrected chi connectivity index (χ2v) is 4.75. The lowest BCUT2D eigenvalue weighted by Gasteiger charge is -2.21. The fraction of sp³-hybridized carbons (Fsp3) is 0.538. The SMILES string of the molecule is COCC(NCc1cccc(Cl)c1)C(C)C. The van der Waals surface area contributed by atoms with Crippen molar-refractivity contribution in [3.8, 4) is 0 Å². The highest BCUT2D eigenvalue weighted by Gasteiger charge is 2.11. The zero-order valence-corrected chi connectivity index (χ0v) is 10.9. The number of ether oxygens (including phenoxy) is 1. The maximum Gasteiger partial charge on any atom is 0.0618 e. The van der Waals surface area contributed by atoms with Gasteiger partial charge >= 0.3 is 0 Å². The second kappa shape index (κ2) is 6.89. The molecule has 0 aromatic heterocycles. The van der Waals surface area contributed by atoms with Crippen LogP contribution in [-0.2, 0) is 11.3 Å². The van der Waals surface area contributed by atoms with Crippen molar-refractivity contribution in [2.75, 3.05) is 13.7 Å². The quantitative estimate of drug-likeness (QED) is 0.827. The molecule has 1 unspecified atom stereocenters. The van der Waals surface area contributed by atoms with Crippen molar-refractivity contribution in [2.45, 2.75) is 26.4 Å². The Labute approximate surface area is 103 Å². The van der Waals surface area contributed by atoms with E-state index in [9.17, 15) is 0 Å². The molecule has 0 saturated carbocycles. The molecule has 1 rings (SSSR count). The highest BCUT2D eigenvalue weighted by atomic mass is 35.5. The number of halogens is 1. The second-order valence-electron chi connectivity index (χ2n) is 4.32. The van der Waals surface area contributed by atoms with Gasteiger partial charge in [-0.05, 0) is 23.6 Å². The van der Waals surface area contributed by atoms with E-state index in [0.717, 1.165) is 18.2 Å². The largest absolute Gasteiger partial charge is 0.383 e. The summed E-state index contributed by atoms with van der Waals surface area (Å²) in [5.74, 6) is 0.555. The lowest BCUT2D eigenvalue weighted by Crippen LogP contribution is -2.37. The molecule has 0 amide bonds. The third-order valence-electron chi connectivity index (χ3n) is 2.61. The first-order valence-electron chi connectivity index (χ1n) is 5.60. The highest BCUT2D eigenvalue weighted by molar-refractivity contribution is 6.30. The monoisotopic (exact) mass is 241 g/mol. The molecule has 3 heteroatoms. The van der Waals surface area contributed by atoms with Gasteiger partial charge in [0.1, 0.15) is 0 Å². The van der Waals surface area contributed by atoms with Gasteiger partial charge in [-0.2, -0.15) is 0 Å². The van der Waals surface area contributed by atoms with Gasteiger partial charge in [0.25, 0.3) is 0 Å². The molecule has 90 valence electrons. The Morgan fingerprint density at radius 1 is 1.38 bits per heavy atom. The lowest BCUT2D eigenvalue weighted by atomic mass is 10.1. The van der Waals surface area contributed by atoms with Crippen LogP contribution in [0.15, 0.2) is 24.3 Å². The fourth-order valence-electron chi connectivity index (χ4n) is 1.56. The Morgan fingerprint density at radius 2 is 2.12 bits per heavy atom. The van der Waals surface area contributed by atoms with Crippen LogP contribution in [0.2, 0.25) is 5.02 Å². The third-order valence-corrected chi connectivity index (χ3v) is 2.84. The Morgan fingerprint density at radius 3 is 2.69 bits per heavy atom. The van der Waals surface area contributed by atoms with Crippen LogP contribution in [0.4, 0.5) is 0 Å². The molecule has 1 aromatic carbocycles. The summed E-state index contributed by atoms with van der Waals surface area (Å²) in [5.41, 5.74) is 1.20. The van der Waals surface area contributed by atoms with Gasteiger partial charge in [-0.15, -0.1) is 0 Å². The summed E-state index contributed by atoms with van der Waals surface area (Å²) in [6.07, 6.45) is 0. The number of methoxy groups -OCH3 is 1. The minimum absolute atomic E-state index is 0.379. The molecule has 2 nitrogen and oxygen atoms in total. The number of rotatable bonds is 6. The normalized spacial score (nSPS) is 13.1.